The summed E-state index contributed by atoms with van der Waals surface area (Å²) in [5.74, 6) is 0. The average Bonchev–Trinajstić information content (AvgIpc) is 2.36. The van der Waals surface area contributed by atoms with E-state index in [1.165, 1.54) is 5.56 Å². The lowest BCUT2D eigenvalue weighted by Crippen LogP contribution is -2.11. The van der Waals surface area contributed by atoms with E-state index in [0.717, 1.165) is 25.1 Å². The number of ether oxygens (including phenoxy) is 1. The molecule has 1 aromatic carbocycles. The van der Waals surface area contributed by atoms with Gasteiger partial charge in [-0.25, -0.2) is 0 Å². The third-order valence-corrected chi connectivity index (χ3v) is 2.85. The molecule has 0 spiro atoms. The number of methoxy groups -OCH3 is 1. The zero-order valence-corrected chi connectivity index (χ0v) is 11.5. The zero-order chi connectivity index (χ0) is 13.4. The Hall–Kier alpha value is -1.53. The van der Waals surface area contributed by atoms with Crippen molar-refractivity contribution < 1.29 is 4.74 Å². The number of benzene rings is 1. The van der Waals surface area contributed by atoms with E-state index in [1.807, 2.05) is 26.0 Å². The fourth-order valence-electron chi connectivity index (χ4n) is 1.76. The highest BCUT2D eigenvalue weighted by atomic mass is 16.5. The fourth-order valence-corrected chi connectivity index (χ4v) is 1.76. The fraction of sp³-hybridized carbons (Fsp3) is 0.533. The van der Waals surface area contributed by atoms with Gasteiger partial charge in [-0.2, -0.15) is 5.26 Å². The summed E-state index contributed by atoms with van der Waals surface area (Å²) in [7, 11) is 1.70. The molecule has 0 heterocycles. The maximum Gasteiger partial charge on any atom is 0.0713 e. The van der Waals surface area contributed by atoms with E-state index in [2.05, 4.69) is 23.5 Å². The number of hydrogen-bond donors (Lipinski definition) is 1. The molecule has 0 aliphatic rings. The maximum absolute atomic E-state index is 8.92. The van der Waals surface area contributed by atoms with E-state index >= 15 is 0 Å². The Balaban J connectivity index is 2.36. The summed E-state index contributed by atoms with van der Waals surface area (Å²) in [6, 6.07) is 10.5. The van der Waals surface area contributed by atoms with Gasteiger partial charge in [0.15, 0.2) is 0 Å². The molecule has 0 saturated carbocycles. The van der Waals surface area contributed by atoms with E-state index in [-0.39, 0.29) is 5.41 Å². The third-order valence-electron chi connectivity index (χ3n) is 2.85. The molecule has 1 aromatic rings. The lowest BCUT2D eigenvalue weighted by Gasteiger charge is -2.15. The topological polar surface area (TPSA) is 45.0 Å². The first kappa shape index (κ1) is 14.5. The monoisotopic (exact) mass is 246 g/mol. The van der Waals surface area contributed by atoms with Crippen LogP contribution in [0.4, 0.5) is 5.69 Å². The molecule has 0 amide bonds. The Morgan fingerprint density at radius 3 is 2.83 bits per heavy atom. The summed E-state index contributed by atoms with van der Waals surface area (Å²) in [5, 5.41) is 12.3. The number of hydrogen-bond acceptors (Lipinski definition) is 3. The van der Waals surface area contributed by atoms with Crippen molar-refractivity contribution in [2.45, 2.75) is 33.3 Å². The molecule has 0 aromatic heterocycles. The minimum Gasteiger partial charge on any atom is -0.385 e. The van der Waals surface area contributed by atoms with Crippen molar-refractivity contribution in [2.24, 2.45) is 5.41 Å². The number of nitrogens with zero attached hydrogens (tertiary/aromatic N) is 1. The van der Waals surface area contributed by atoms with Crippen LogP contribution in [0.1, 0.15) is 32.3 Å². The first-order valence-electron chi connectivity index (χ1n) is 6.30. The van der Waals surface area contributed by atoms with Crippen molar-refractivity contribution in [3.8, 4) is 6.07 Å². The number of rotatable bonds is 7. The van der Waals surface area contributed by atoms with E-state index in [1.54, 1.807) is 7.11 Å². The minimum atomic E-state index is -0.223. The predicted molar refractivity (Wildman–Crippen MR) is 74.3 cm³/mol. The highest BCUT2D eigenvalue weighted by molar-refractivity contribution is 5.45. The standard InChI is InChI=1S/C15H22N2O/c1-15(2,12-16)8-5-9-17-14-7-4-6-13(10-14)11-18-3/h4,6-7,10,17H,5,8-9,11H2,1-3H3. The second kappa shape index (κ2) is 7.03. The molecule has 0 radical (unpaired) electrons. The van der Waals surface area contributed by atoms with Gasteiger partial charge in [-0.15, -0.1) is 0 Å². The quantitative estimate of drug-likeness (QED) is 0.748. The normalized spacial score (nSPS) is 11.0. The maximum atomic E-state index is 8.92. The van der Waals surface area contributed by atoms with Crippen LogP contribution in [0, 0.1) is 16.7 Å². The van der Waals surface area contributed by atoms with Gasteiger partial charge in [-0.3, -0.25) is 0 Å². The molecular weight excluding hydrogens is 224 g/mol. The van der Waals surface area contributed by atoms with Crippen LogP contribution in [0.15, 0.2) is 24.3 Å². The molecule has 0 aliphatic carbocycles. The lowest BCUT2D eigenvalue weighted by molar-refractivity contribution is 0.185. The van der Waals surface area contributed by atoms with Crippen LogP contribution in [-0.2, 0) is 11.3 Å². The number of anilines is 1. The molecule has 18 heavy (non-hydrogen) atoms. The van der Waals surface area contributed by atoms with Crippen molar-refractivity contribution >= 4 is 5.69 Å². The summed E-state index contributed by atoms with van der Waals surface area (Å²) >= 11 is 0. The molecule has 0 fully saturated rings. The van der Waals surface area contributed by atoms with Crippen molar-refractivity contribution in [1.29, 1.82) is 5.26 Å². The van der Waals surface area contributed by atoms with E-state index in [4.69, 9.17) is 10.00 Å². The molecular formula is C15H22N2O. The molecule has 1 N–H and O–H groups in total. The molecule has 0 aliphatic heterocycles. The van der Waals surface area contributed by atoms with E-state index in [9.17, 15) is 0 Å². The largest absolute Gasteiger partial charge is 0.385 e. The predicted octanol–water partition coefficient (Wildman–Crippen LogP) is 3.57. The van der Waals surface area contributed by atoms with Crippen molar-refractivity contribution in [1.82, 2.24) is 0 Å². The van der Waals surface area contributed by atoms with Crippen molar-refractivity contribution in [2.75, 3.05) is 19.0 Å². The molecule has 3 heteroatoms. The molecule has 1 rings (SSSR count). The highest BCUT2D eigenvalue weighted by Crippen LogP contribution is 2.20. The summed E-state index contributed by atoms with van der Waals surface area (Å²) in [5.41, 5.74) is 2.05. The smallest absolute Gasteiger partial charge is 0.0713 e. The van der Waals surface area contributed by atoms with Crippen molar-refractivity contribution in [3.05, 3.63) is 29.8 Å². The lowest BCUT2D eigenvalue weighted by atomic mass is 9.90. The Morgan fingerprint density at radius 1 is 1.39 bits per heavy atom. The van der Waals surface area contributed by atoms with Gasteiger partial charge >= 0.3 is 0 Å². The number of nitrogens with one attached hydrogen (secondary N) is 1. The zero-order valence-electron chi connectivity index (χ0n) is 11.5. The minimum absolute atomic E-state index is 0.223. The van der Waals surface area contributed by atoms with Crippen LogP contribution in [0.2, 0.25) is 0 Å². The average molecular weight is 246 g/mol. The first-order chi connectivity index (χ1) is 8.57. The third kappa shape index (κ3) is 5.20. The molecule has 0 saturated heterocycles. The van der Waals surface area contributed by atoms with Crippen LogP contribution >= 0.6 is 0 Å². The van der Waals surface area contributed by atoms with Crippen LogP contribution in [0.25, 0.3) is 0 Å². The van der Waals surface area contributed by atoms with Gasteiger partial charge in [0.25, 0.3) is 0 Å². The van der Waals surface area contributed by atoms with Crippen LogP contribution in [-0.4, -0.2) is 13.7 Å². The van der Waals surface area contributed by atoms with Gasteiger partial charge < -0.3 is 10.1 Å². The SMILES string of the molecule is COCc1cccc(NCCCC(C)(C)C#N)c1. The van der Waals surface area contributed by atoms with Crippen LogP contribution in [0.3, 0.4) is 0 Å². The summed E-state index contributed by atoms with van der Waals surface area (Å²) in [4.78, 5) is 0. The van der Waals surface area contributed by atoms with Crippen molar-refractivity contribution in [3.63, 3.8) is 0 Å². The Morgan fingerprint density at radius 2 is 2.17 bits per heavy atom. The second-order valence-corrected chi connectivity index (χ2v) is 5.16. The molecule has 98 valence electrons. The summed E-state index contributed by atoms with van der Waals surface area (Å²) < 4.78 is 5.10. The Kier molecular flexibility index (Phi) is 5.67. The Bertz CT molecular complexity index is 407. The van der Waals surface area contributed by atoms with Gasteiger partial charge in [0.1, 0.15) is 0 Å². The summed E-state index contributed by atoms with van der Waals surface area (Å²) in [6.45, 7) is 5.48. The van der Waals surface area contributed by atoms with Gasteiger partial charge in [0.05, 0.1) is 18.1 Å². The number of nitriles is 1. The second-order valence-electron chi connectivity index (χ2n) is 5.16. The summed E-state index contributed by atoms with van der Waals surface area (Å²) in [6.07, 6.45) is 1.91. The molecule has 0 bridgehead atoms. The van der Waals surface area contributed by atoms with Gasteiger partial charge in [0.2, 0.25) is 0 Å². The molecule has 0 unspecified atom stereocenters. The van der Waals surface area contributed by atoms with E-state index in [0.29, 0.717) is 6.61 Å². The highest BCUT2D eigenvalue weighted by Gasteiger charge is 2.15. The van der Waals surface area contributed by atoms with Crippen LogP contribution in [0.5, 0.6) is 0 Å². The van der Waals surface area contributed by atoms with E-state index < -0.39 is 0 Å². The van der Waals surface area contributed by atoms with Gasteiger partial charge in [-0.1, -0.05) is 12.1 Å². The molecule has 3 nitrogen and oxygen atoms in total. The van der Waals surface area contributed by atoms with Crippen LogP contribution < -0.4 is 5.32 Å². The van der Waals surface area contributed by atoms with Gasteiger partial charge in [0, 0.05) is 19.3 Å². The van der Waals surface area contributed by atoms with Gasteiger partial charge in [-0.05, 0) is 44.4 Å². The first-order valence-corrected chi connectivity index (χ1v) is 6.30. The molecule has 0 atom stereocenters. The Labute approximate surface area is 110 Å².